The first kappa shape index (κ1) is 12.6. The molecule has 1 N–H and O–H groups in total. The van der Waals surface area contributed by atoms with Crippen LogP contribution in [0.2, 0.25) is 5.02 Å². The number of aryl methyl sites for hydroxylation is 3. The van der Waals surface area contributed by atoms with Crippen LogP contribution < -0.4 is 0 Å². The van der Waals surface area contributed by atoms with Crippen molar-refractivity contribution >= 4 is 22.9 Å². The van der Waals surface area contributed by atoms with Crippen molar-refractivity contribution in [3.63, 3.8) is 0 Å². The fourth-order valence-corrected chi connectivity index (χ4v) is 3.16. The van der Waals surface area contributed by atoms with E-state index in [1.165, 1.54) is 4.88 Å². The van der Waals surface area contributed by atoms with Gasteiger partial charge >= 0.3 is 0 Å². The Kier molecular flexibility index (Phi) is 3.57. The van der Waals surface area contributed by atoms with Gasteiger partial charge in [-0.25, -0.2) is 0 Å². The largest absolute Gasteiger partial charge is 0.384 e. The summed E-state index contributed by atoms with van der Waals surface area (Å²) in [6, 6.07) is 7.79. The van der Waals surface area contributed by atoms with Crippen LogP contribution in [0.25, 0.3) is 0 Å². The first-order valence-corrected chi connectivity index (χ1v) is 6.70. The average Bonchev–Trinajstić information content (AvgIpc) is 2.61. The Balaban J connectivity index is 2.47. The van der Waals surface area contributed by atoms with Gasteiger partial charge in [-0.2, -0.15) is 0 Å². The molecule has 1 aromatic carbocycles. The topological polar surface area (TPSA) is 20.2 Å². The molecule has 3 heteroatoms. The molecule has 2 rings (SSSR count). The van der Waals surface area contributed by atoms with Crippen molar-refractivity contribution in [3.8, 4) is 0 Å². The van der Waals surface area contributed by atoms with Gasteiger partial charge in [-0.1, -0.05) is 29.8 Å². The molecule has 0 bridgehead atoms. The van der Waals surface area contributed by atoms with Crippen molar-refractivity contribution in [2.24, 2.45) is 0 Å². The van der Waals surface area contributed by atoms with Crippen LogP contribution in [0.5, 0.6) is 0 Å². The van der Waals surface area contributed by atoms with Gasteiger partial charge in [0.05, 0.1) is 0 Å². The van der Waals surface area contributed by atoms with Crippen molar-refractivity contribution in [2.75, 3.05) is 0 Å². The van der Waals surface area contributed by atoms with Gasteiger partial charge in [0.1, 0.15) is 6.10 Å². The lowest BCUT2D eigenvalue weighted by Gasteiger charge is -2.14. The molecule has 0 aliphatic heterocycles. The summed E-state index contributed by atoms with van der Waals surface area (Å²) in [6.07, 6.45) is -0.632. The molecule has 90 valence electrons. The SMILES string of the molecule is Cc1cc(C(O)c2cccc(C)c2Cl)c(C)s1. The monoisotopic (exact) mass is 266 g/mol. The molecule has 0 saturated carbocycles. The predicted octanol–water partition coefficient (Wildman–Crippen LogP) is 4.41. The molecule has 0 aliphatic carbocycles. The zero-order valence-corrected chi connectivity index (χ0v) is 11.7. The highest BCUT2D eigenvalue weighted by Crippen LogP contribution is 2.34. The molecule has 1 aromatic heterocycles. The standard InChI is InChI=1S/C14H15ClOS/c1-8-5-4-6-11(13(8)15)14(16)12-7-9(2)17-10(12)3/h4-7,14,16H,1-3H3. The molecule has 0 amide bonds. The lowest BCUT2D eigenvalue weighted by Crippen LogP contribution is -2.01. The molecule has 0 radical (unpaired) electrons. The summed E-state index contributed by atoms with van der Waals surface area (Å²) in [5, 5.41) is 11.1. The molecule has 0 spiro atoms. The Morgan fingerprint density at radius 1 is 1.18 bits per heavy atom. The maximum Gasteiger partial charge on any atom is 0.107 e. The number of thiophene rings is 1. The second-order valence-corrected chi connectivity index (χ2v) is 6.09. The van der Waals surface area contributed by atoms with Crippen molar-refractivity contribution in [2.45, 2.75) is 26.9 Å². The van der Waals surface area contributed by atoms with Crippen molar-refractivity contribution in [1.82, 2.24) is 0 Å². The van der Waals surface area contributed by atoms with E-state index < -0.39 is 6.10 Å². The Hall–Kier alpha value is -0.830. The summed E-state index contributed by atoms with van der Waals surface area (Å²) in [7, 11) is 0. The Labute approximate surface area is 111 Å². The first-order chi connectivity index (χ1) is 8.00. The van der Waals surface area contributed by atoms with Crippen LogP contribution >= 0.6 is 22.9 Å². The molecular weight excluding hydrogens is 252 g/mol. The molecular formula is C14H15ClOS. The van der Waals surface area contributed by atoms with Crippen LogP contribution in [0.3, 0.4) is 0 Å². The summed E-state index contributed by atoms with van der Waals surface area (Å²) in [4.78, 5) is 2.35. The summed E-state index contributed by atoms with van der Waals surface area (Å²) in [5.41, 5.74) is 2.74. The third-order valence-electron chi connectivity index (χ3n) is 2.89. The highest BCUT2D eigenvalue weighted by Gasteiger charge is 2.18. The molecule has 17 heavy (non-hydrogen) atoms. The summed E-state index contributed by atoms with van der Waals surface area (Å²) >= 11 is 7.94. The number of rotatable bonds is 2. The van der Waals surface area contributed by atoms with E-state index in [-0.39, 0.29) is 0 Å². The normalized spacial score (nSPS) is 12.8. The van der Waals surface area contributed by atoms with Crippen LogP contribution in [0, 0.1) is 20.8 Å². The van der Waals surface area contributed by atoms with E-state index in [0.29, 0.717) is 5.02 Å². The first-order valence-electron chi connectivity index (χ1n) is 5.50. The number of hydrogen-bond acceptors (Lipinski definition) is 2. The van der Waals surface area contributed by atoms with Crippen LogP contribution in [-0.2, 0) is 0 Å². The third kappa shape index (κ3) is 2.39. The molecule has 2 aromatic rings. The lowest BCUT2D eigenvalue weighted by atomic mass is 10.0. The van der Waals surface area contributed by atoms with E-state index in [1.807, 2.05) is 45.0 Å². The van der Waals surface area contributed by atoms with Gasteiger partial charge in [0.15, 0.2) is 0 Å². The van der Waals surface area contributed by atoms with Gasteiger partial charge in [-0.05, 0) is 38.0 Å². The van der Waals surface area contributed by atoms with Gasteiger partial charge in [-0.3, -0.25) is 0 Å². The maximum absolute atomic E-state index is 10.4. The molecule has 1 atom stereocenters. The minimum Gasteiger partial charge on any atom is -0.384 e. The number of aliphatic hydroxyl groups excluding tert-OH is 1. The molecule has 1 nitrogen and oxygen atoms in total. The van der Waals surface area contributed by atoms with E-state index in [0.717, 1.165) is 21.6 Å². The van der Waals surface area contributed by atoms with Crippen molar-refractivity contribution in [3.05, 3.63) is 55.7 Å². The highest BCUT2D eigenvalue weighted by atomic mass is 35.5. The van der Waals surface area contributed by atoms with E-state index >= 15 is 0 Å². The van der Waals surface area contributed by atoms with Gasteiger partial charge in [0, 0.05) is 20.3 Å². The Morgan fingerprint density at radius 3 is 2.47 bits per heavy atom. The summed E-state index contributed by atoms with van der Waals surface area (Å²) in [5.74, 6) is 0. The van der Waals surface area contributed by atoms with Crippen LogP contribution in [-0.4, -0.2) is 5.11 Å². The zero-order valence-electron chi connectivity index (χ0n) is 10.1. The zero-order chi connectivity index (χ0) is 12.6. The molecule has 0 aliphatic rings. The summed E-state index contributed by atoms with van der Waals surface area (Å²) < 4.78 is 0. The second-order valence-electron chi connectivity index (χ2n) is 4.25. The van der Waals surface area contributed by atoms with Gasteiger partial charge < -0.3 is 5.11 Å². The molecule has 0 saturated heterocycles. The second kappa shape index (κ2) is 4.81. The molecule has 1 heterocycles. The van der Waals surface area contributed by atoms with Gasteiger partial charge in [-0.15, -0.1) is 11.3 Å². The number of hydrogen-bond donors (Lipinski definition) is 1. The lowest BCUT2D eigenvalue weighted by molar-refractivity contribution is 0.220. The number of halogens is 1. The Morgan fingerprint density at radius 2 is 1.88 bits per heavy atom. The quantitative estimate of drug-likeness (QED) is 0.854. The average molecular weight is 267 g/mol. The van der Waals surface area contributed by atoms with Gasteiger partial charge in [0.2, 0.25) is 0 Å². The van der Waals surface area contributed by atoms with E-state index in [9.17, 15) is 5.11 Å². The van der Waals surface area contributed by atoms with Crippen molar-refractivity contribution < 1.29 is 5.11 Å². The van der Waals surface area contributed by atoms with Crippen LogP contribution in [0.15, 0.2) is 24.3 Å². The van der Waals surface area contributed by atoms with E-state index in [2.05, 4.69) is 0 Å². The maximum atomic E-state index is 10.4. The predicted molar refractivity (Wildman–Crippen MR) is 74.0 cm³/mol. The van der Waals surface area contributed by atoms with Gasteiger partial charge in [0.25, 0.3) is 0 Å². The van der Waals surface area contributed by atoms with Crippen LogP contribution in [0.4, 0.5) is 0 Å². The Bertz CT molecular complexity index is 545. The number of aliphatic hydroxyl groups is 1. The third-order valence-corrected chi connectivity index (χ3v) is 4.39. The fourth-order valence-electron chi connectivity index (χ4n) is 1.97. The molecule has 0 fully saturated rings. The fraction of sp³-hybridized carbons (Fsp3) is 0.286. The van der Waals surface area contributed by atoms with E-state index in [4.69, 9.17) is 11.6 Å². The minimum atomic E-state index is -0.632. The molecule has 1 unspecified atom stereocenters. The number of benzene rings is 1. The van der Waals surface area contributed by atoms with E-state index in [1.54, 1.807) is 11.3 Å². The van der Waals surface area contributed by atoms with Crippen molar-refractivity contribution in [1.29, 1.82) is 0 Å². The highest BCUT2D eigenvalue weighted by molar-refractivity contribution is 7.12. The minimum absolute atomic E-state index is 0.632. The summed E-state index contributed by atoms with van der Waals surface area (Å²) in [6.45, 7) is 6.02. The van der Waals surface area contributed by atoms with Crippen LogP contribution in [0.1, 0.15) is 32.5 Å². The smallest absolute Gasteiger partial charge is 0.107 e.